The number of aromatic nitrogens is 1. The Morgan fingerprint density at radius 1 is 1.00 bits per heavy atom. The maximum absolute atomic E-state index is 5.34. The van der Waals surface area contributed by atoms with Gasteiger partial charge in [0.15, 0.2) is 11.5 Å². The molecule has 0 saturated heterocycles. The molecular weight excluding hydrogens is 268 g/mol. The number of rotatable bonds is 6. The molecular formula is C16H20N2O3. The van der Waals surface area contributed by atoms with Gasteiger partial charge in [-0.25, -0.2) is 0 Å². The van der Waals surface area contributed by atoms with Gasteiger partial charge in [0.05, 0.1) is 33.2 Å². The van der Waals surface area contributed by atoms with Crippen LogP contribution in [-0.2, 0) is 6.54 Å². The lowest BCUT2D eigenvalue weighted by Crippen LogP contribution is -2.02. The summed E-state index contributed by atoms with van der Waals surface area (Å²) in [6.07, 6.45) is 1.81. The normalized spacial score (nSPS) is 10.1. The molecule has 0 atom stereocenters. The van der Waals surface area contributed by atoms with Gasteiger partial charge in [-0.2, -0.15) is 0 Å². The van der Waals surface area contributed by atoms with Crippen LogP contribution in [0.15, 0.2) is 30.5 Å². The fourth-order valence-electron chi connectivity index (χ4n) is 2.01. The number of pyridine rings is 1. The van der Waals surface area contributed by atoms with E-state index >= 15 is 0 Å². The number of aryl methyl sites for hydroxylation is 1. The molecule has 1 aromatic carbocycles. The maximum Gasteiger partial charge on any atom is 0.203 e. The number of nitrogens with one attached hydrogen (secondary N) is 1. The molecule has 112 valence electrons. The Bertz CT molecular complexity index is 572. The molecule has 0 aliphatic heterocycles. The zero-order chi connectivity index (χ0) is 15.2. The number of nitrogens with zero attached hydrogens (tertiary/aromatic N) is 1. The second-order valence-electron chi connectivity index (χ2n) is 4.58. The minimum atomic E-state index is 0.598. The van der Waals surface area contributed by atoms with Crippen LogP contribution in [0.4, 0.5) is 5.69 Å². The van der Waals surface area contributed by atoms with Crippen LogP contribution >= 0.6 is 0 Å². The van der Waals surface area contributed by atoms with E-state index in [0.717, 1.165) is 16.9 Å². The molecule has 5 nitrogen and oxygen atoms in total. The largest absolute Gasteiger partial charge is 0.493 e. The molecule has 21 heavy (non-hydrogen) atoms. The van der Waals surface area contributed by atoms with E-state index in [0.29, 0.717) is 23.8 Å². The van der Waals surface area contributed by atoms with Crippen LogP contribution in [0.1, 0.15) is 11.3 Å². The summed E-state index contributed by atoms with van der Waals surface area (Å²) in [6.45, 7) is 2.60. The monoisotopic (exact) mass is 288 g/mol. The van der Waals surface area contributed by atoms with Crippen molar-refractivity contribution in [2.75, 3.05) is 26.6 Å². The lowest BCUT2D eigenvalue weighted by Gasteiger charge is -2.14. The first-order valence-corrected chi connectivity index (χ1v) is 6.63. The molecule has 2 aromatic rings. The van der Waals surface area contributed by atoms with Crippen LogP contribution in [0.3, 0.4) is 0 Å². The topological polar surface area (TPSA) is 52.6 Å². The SMILES string of the molecule is COc1cc(CNc2ccc(C)nc2)cc(OC)c1OC. The summed E-state index contributed by atoms with van der Waals surface area (Å²) < 4.78 is 16.0. The Labute approximate surface area is 124 Å². The van der Waals surface area contributed by atoms with Crippen molar-refractivity contribution in [3.63, 3.8) is 0 Å². The Balaban J connectivity index is 2.18. The number of benzene rings is 1. The van der Waals surface area contributed by atoms with Gasteiger partial charge in [-0.1, -0.05) is 0 Å². The van der Waals surface area contributed by atoms with Crippen molar-refractivity contribution >= 4 is 5.69 Å². The summed E-state index contributed by atoms with van der Waals surface area (Å²) in [6, 6.07) is 7.82. The Morgan fingerprint density at radius 2 is 1.67 bits per heavy atom. The summed E-state index contributed by atoms with van der Waals surface area (Å²) >= 11 is 0. The van der Waals surface area contributed by atoms with Gasteiger partial charge >= 0.3 is 0 Å². The fraction of sp³-hybridized carbons (Fsp3) is 0.312. The van der Waals surface area contributed by atoms with Gasteiger partial charge < -0.3 is 19.5 Å². The molecule has 1 N–H and O–H groups in total. The van der Waals surface area contributed by atoms with Crippen LogP contribution in [0.25, 0.3) is 0 Å². The average Bonchev–Trinajstić information content (AvgIpc) is 2.53. The predicted molar refractivity (Wildman–Crippen MR) is 82.4 cm³/mol. The Kier molecular flexibility index (Phi) is 4.87. The van der Waals surface area contributed by atoms with Crippen LogP contribution in [0.2, 0.25) is 0 Å². The highest BCUT2D eigenvalue weighted by molar-refractivity contribution is 5.54. The molecule has 1 heterocycles. The minimum Gasteiger partial charge on any atom is -0.493 e. The highest BCUT2D eigenvalue weighted by Crippen LogP contribution is 2.38. The van der Waals surface area contributed by atoms with Crippen LogP contribution < -0.4 is 19.5 Å². The first kappa shape index (κ1) is 15.0. The van der Waals surface area contributed by atoms with Gasteiger partial charge in [0.1, 0.15) is 0 Å². The van der Waals surface area contributed by atoms with Gasteiger partial charge in [0.2, 0.25) is 5.75 Å². The van der Waals surface area contributed by atoms with Gasteiger partial charge in [0, 0.05) is 12.2 Å². The number of hydrogen-bond acceptors (Lipinski definition) is 5. The summed E-state index contributed by atoms with van der Waals surface area (Å²) in [4.78, 5) is 4.25. The molecule has 0 aliphatic rings. The number of hydrogen-bond donors (Lipinski definition) is 1. The van der Waals surface area contributed by atoms with E-state index in [1.807, 2.05) is 37.4 Å². The number of methoxy groups -OCH3 is 3. The minimum absolute atomic E-state index is 0.598. The predicted octanol–water partition coefficient (Wildman–Crippen LogP) is 3.03. The summed E-state index contributed by atoms with van der Waals surface area (Å²) in [5.74, 6) is 1.90. The Morgan fingerprint density at radius 3 is 2.14 bits per heavy atom. The van der Waals surface area contributed by atoms with Gasteiger partial charge in [-0.05, 0) is 36.8 Å². The van der Waals surface area contributed by atoms with Crippen molar-refractivity contribution in [3.8, 4) is 17.2 Å². The molecule has 0 amide bonds. The van der Waals surface area contributed by atoms with Crippen molar-refractivity contribution in [3.05, 3.63) is 41.7 Å². The quantitative estimate of drug-likeness (QED) is 0.885. The zero-order valence-corrected chi connectivity index (χ0v) is 12.8. The number of ether oxygens (including phenoxy) is 3. The van der Waals surface area contributed by atoms with Crippen LogP contribution in [0.5, 0.6) is 17.2 Å². The Hall–Kier alpha value is -2.43. The molecule has 2 rings (SSSR count). The van der Waals surface area contributed by atoms with Gasteiger partial charge in [-0.3, -0.25) is 4.98 Å². The van der Waals surface area contributed by atoms with E-state index in [-0.39, 0.29) is 0 Å². The third-order valence-corrected chi connectivity index (χ3v) is 3.13. The summed E-state index contributed by atoms with van der Waals surface area (Å²) in [5.41, 5.74) is 2.99. The van der Waals surface area contributed by atoms with E-state index < -0.39 is 0 Å². The standard InChI is InChI=1S/C16H20N2O3/c1-11-5-6-13(10-17-11)18-9-12-7-14(19-2)16(21-4)15(8-12)20-3/h5-8,10,18H,9H2,1-4H3. The molecule has 5 heteroatoms. The highest BCUT2D eigenvalue weighted by atomic mass is 16.5. The molecule has 0 fully saturated rings. The molecule has 0 aliphatic carbocycles. The van der Waals surface area contributed by atoms with E-state index in [1.165, 1.54) is 0 Å². The van der Waals surface area contributed by atoms with E-state index in [2.05, 4.69) is 10.3 Å². The maximum atomic E-state index is 5.34. The summed E-state index contributed by atoms with van der Waals surface area (Å²) in [5, 5.41) is 3.31. The first-order chi connectivity index (χ1) is 10.2. The fourth-order valence-corrected chi connectivity index (χ4v) is 2.01. The average molecular weight is 288 g/mol. The zero-order valence-electron chi connectivity index (χ0n) is 12.8. The molecule has 1 aromatic heterocycles. The van der Waals surface area contributed by atoms with Crippen LogP contribution in [-0.4, -0.2) is 26.3 Å². The summed E-state index contributed by atoms with van der Waals surface area (Å²) in [7, 11) is 4.81. The highest BCUT2D eigenvalue weighted by Gasteiger charge is 2.12. The molecule has 0 spiro atoms. The molecule has 0 radical (unpaired) electrons. The molecule has 0 bridgehead atoms. The van der Waals surface area contributed by atoms with E-state index in [1.54, 1.807) is 21.3 Å². The first-order valence-electron chi connectivity index (χ1n) is 6.63. The van der Waals surface area contributed by atoms with Gasteiger partial charge in [0.25, 0.3) is 0 Å². The van der Waals surface area contributed by atoms with Crippen molar-refractivity contribution in [1.29, 1.82) is 0 Å². The molecule has 0 unspecified atom stereocenters. The van der Waals surface area contributed by atoms with E-state index in [9.17, 15) is 0 Å². The van der Waals surface area contributed by atoms with Crippen LogP contribution in [0, 0.1) is 6.92 Å². The molecule has 0 saturated carbocycles. The van der Waals surface area contributed by atoms with Crippen molar-refractivity contribution in [2.45, 2.75) is 13.5 Å². The van der Waals surface area contributed by atoms with Crippen molar-refractivity contribution in [2.24, 2.45) is 0 Å². The van der Waals surface area contributed by atoms with E-state index in [4.69, 9.17) is 14.2 Å². The lowest BCUT2D eigenvalue weighted by atomic mass is 10.1. The lowest BCUT2D eigenvalue weighted by molar-refractivity contribution is 0.324. The van der Waals surface area contributed by atoms with Crippen molar-refractivity contribution < 1.29 is 14.2 Å². The van der Waals surface area contributed by atoms with Crippen molar-refractivity contribution in [1.82, 2.24) is 4.98 Å². The second kappa shape index (κ2) is 6.83. The third-order valence-electron chi connectivity index (χ3n) is 3.13. The third kappa shape index (κ3) is 3.56. The number of anilines is 1. The second-order valence-corrected chi connectivity index (χ2v) is 4.58. The van der Waals surface area contributed by atoms with Gasteiger partial charge in [-0.15, -0.1) is 0 Å². The smallest absolute Gasteiger partial charge is 0.203 e.